The number of aromatic nitrogens is 4. The van der Waals surface area contributed by atoms with E-state index in [2.05, 4.69) is 26.0 Å². The quantitative estimate of drug-likeness (QED) is 0.723. The lowest BCUT2D eigenvalue weighted by Gasteiger charge is -2.07. The molecule has 0 unspecified atom stereocenters. The van der Waals surface area contributed by atoms with Gasteiger partial charge in [0, 0.05) is 18.6 Å². The van der Waals surface area contributed by atoms with Gasteiger partial charge >= 0.3 is 0 Å². The van der Waals surface area contributed by atoms with Crippen LogP contribution in [0.3, 0.4) is 0 Å². The first-order chi connectivity index (χ1) is 9.58. The highest BCUT2D eigenvalue weighted by Gasteiger charge is 2.12. The summed E-state index contributed by atoms with van der Waals surface area (Å²) in [5.41, 5.74) is 1.83. The monoisotopic (exact) mass is 332 g/mol. The van der Waals surface area contributed by atoms with Crippen molar-refractivity contribution in [3.63, 3.8) is 0 Å². The number of halogens is 1. The minimum Gasteiger partial charge on any atom is -0.290 e. The molecule has 0 spiro atoms. The first-order valence-electron chi connectivity index (χ1n) is 6.20. The van der Waals surface area contributed by atoms with E-state index in [1.165, 1.54) is 6.20 Å². The molecule has 0 atom stereocenters. The molecule has 2 aromatic heterocycles. The summed E-state index contributed by atoms with van der Waals surface area (Å²) in [4.78, 5) is 16.4. The number of hydrogen-bond acceptors (Lipinski definition) is 3. The number of benzene rings is 1. The van der Waals surface area contributed by atoms with E-state index in [0.29, 0.717) is 16.8 Å². The molecule has 6 heteroatoms. The van der Waals surface area contributed by atoms with Crippen molar-refractivity contribution in [2.45, 2.75) is 13.5 Å². The fourth-order valence-electron chi connectivity index (χ4n) is 2.29. The second-order valence-electron chi connectivity index (χ2n) is 4.63. The average molecular weight is 333 g/mol. The van der Waals surface area contributed by atoms with Crippen LogP contribution in [0.5, 0.6) is 0 Å². The number of rotatable bonds is 2. The Hall–Kier alpha value is -1.95. The van der Waals surface area contributed by atoms with Gasteiger partial charge in [-0.25, -0.2) is 4.98 Å². The number of nitrogens with zero attached hydrogens (tertiary/aromatic N) is 4. The van der Waals surface area contributed by atoms with Crippen molar-refractivity contribution in [3.05, 3.63) is 56.8 Å². The van der Waals surface area contributed by atoms with Gasteiger partial charge in [0.1, 0.15) is 10.3 Å². The lowest BCUT2D eigenvalue weighted by atomic mass is 10.2. The molecular formula is C14H13BrN4O. The van der Waals surface area contributed by atoms with E-state index in [9.17, 15) is 4.79 Å². The van der Waals surface area contributed by atoms with Crippen molar-refractivity contribution < 1.29 is 0 Å². The topological polar surface area (TPSA) is 52.7 Å². The van der Waals surface area contributed by atoms with Crippen LogP contribution in [-0.4, -0.2) is 19.3 Å². The molecule has 0 fully saturated rings. The van der Waals surface area contributed by atoms with Crippen molar-refractivity contribution in [2.75, 3.05) is 0 Å². The van der Waals surface area contributed by atoms with Crippen LogP contribution in [0.4, 0.5) is 0 Å². The Balaban J connectivity index is 2.16. The van der Waals surface area contributed by atoms with Crippen LogP contribution < -0.4 is 5.56 Å². The first-order valence-corrected chi connectivity index (χ1v) is 7.00. The summed E-state index contributed by atoms with van der Waals surface area (Å²) in [5, 5.41) is 5.57. The largest absolute Gasteiger partial charge is 0.290 e. The maximum absolute atomic E-state index is 12.2. The molecule has 0 aliphatic rings. The molecule has 0 aliphatic carbocycles. The molecule has 0 saturated heterocycles. The number of fused-ring (bicyclic) bond motifs is 1. The smallest absolute Gasteiger partial charge is 0.268 e. The average Bonchev–Trinajstić information content (AvgIpc) is 2.77. The van der Waals surface area contributed by atoms with E-state index < -0.39 is 0 Å². The predicted octanol–water partition coefficient (Wildman–Crippen LogP) is 2.25. The van der Waals surface area contributed by atoms with E-state index in [-0.39, 0.29) is 5.56 Å². The third kappa shape index (κ3) is 2.06. The number of para-hydroxylation sites is 1. The maximum Gasteiger partial charge on any atom is 0.268 e. The Morgan fingerprint density at radius 1 is 1.30 bits per heavy atom. The van der Waals surface area contributed by atoms with Crippen molar-refractivity contribution in [1.82, 2.24) is 19.3 Å². The van der Waals surface area contributed by atoms with Gasteiger partial charge < -0.3 is 0 Å². The molecule has 3 aromatic rings. The molecule has 1 aromatic carbocycles. The molecule has 2 heterocycles. The summed E-state index contributed by atoms with van der Waals surface area (Å²) < 4.78 is 3.92. The van der Waals surface area contributed by atoms with Crippen LogP contribution in [0, 0.1) is 6.92 Å². The summed E-state index contributed by atoms with van der Waals surface area (Å²) in [6, 6.07) is 7.98. The molecule has 20 heavy (non-hydrogen) atoms. The maximum atomic E-state index is 12.2. The fourth-order valence-corrected chi connectivity index (χ4v) is 2.61. The summed E-state index contributed by atoms with van der Waals surface area (Å²) in [7, 11) is 1.90. The summed E-state index contributed by atoms with van der Waals surface area (Å²) in [5.74, 6) is 0.674. The zero-order valence-corrected chi connectivity index (χ0v) is 12.8. The Labute approximate surface area is 124 Å². The molecule has 0 bridgehead atoms. The normalized spacial score (nSPS) is 11.2. The number of hydrogen-bond donors (Lipinski definition) is 0. The van der Waals surface area contributed by atoms with Gasteiger partial charge in [0.2, 0.25) is 0 Å². The molecule has 0 radical (unpaired) electrons. The molecule has 0 saturated carbocycles. The SMILES string of the molecule is Cc1ncc(Br)c(=O)n1Cc1nn(C)c2ccccc12. The van der Waals surface area contributed by atoms with Gasteiger partial charge in [0.25, 0.3) is 5.56 Å². The molecule has 0 amide bonds. The molecule has 0 N–H and O–H groups in total. The van der Waals surface area contributed by atoms with Crippen LogP contribution in [0.2, 0.25) is 0 Å². The highest BCUT2D eigenvalue weighted by molar-refractivity contribution is 9.10. The van der Waals surface area contributed by atoms with Gasteiger partial charge in [-0.1, -0.05) is 18.2 Å². The van der Waals surface area contributed by atoms with E-state index in [0.717, 1.165) is 16.6 Å². The summed E-state index contributed by atoms with van der Waals surface area (Å²) in [6.45, 7) is 2.23. The van der Waals surface area contributed by atoms with E-state index in [4.69, 9.17) is 0 Å². The predicted molar refractivity (Wildman–Crippen MR) is 80.8 cm³/mol. The van der Waals surface area contributed by atoms with Gasteiger partial charge in [-0.15, -0.1) is 0 Å². The lowest BCUT2D eigenvalue weighted by molar-refractivity contribution is 0.664. The van der Waals surface area contributed by atoms with Crippen LogP contribution in [-0.2, 0) is 13.6 Å². The van der Waals surface area contributed by atoms with Crippen molar-refractivity contribution in [2.24, 2.45) is 7.05 Å². The van der Waals surface area contributed by atoms with Gasteiger partial charge in [-0.05, 0) is 28.9 Å². The zero-order chi connectivity index (χ0) is 14.3. The fraction of sp³-hybridized carbons (Fsp3) is 0.214. The van der Waals surface area contributed by atoms with Crippen LogP contribution in [0.15, 0.2) is 39.7 Å². The molecule has 3 rings (SSSR count). The molecular weight excluding hydrogens is 320 g/mol. The minimum absolute atomic E-state index is 0.0905. The highest BCUT2D eigenvalue weighted by atomic mass is 79.9. The second kappa shape index (κ2) is 4.86. The molecule has 102 valence electrons. The second-order valence-corrected chi connectivity index (χ2v) is 5.49. The van der Waals surface area contributed by atoms with E-state index >= 15 is 0 Å². The Morgan fingerprint density at radius 3 is 2.85 bits per heavy atom. The van der Waals surface area contributed by atoms with Gasteiger partial charge in [-0.2, -0.15) is 5.10 Å². The third-order valence-electron chi connectivity index (χ3n) is 3.35. The molecule has 0 aliphatic heterocycles. The highest BCUT2D eigenvalue weighted by Crippen LogP contribution is 2.18. The summed E-state index contributed by atoms with van der Waals surface area (Å²) in [6.07, 6.45) is 1.53. The number of aryl methyl sites for hydroxylation is 2. The van der Waals surface area contributed by atoms with Crippen LogP contribution in [0.1, 0.15) is 11.5 Å². The summed E-state index contributed by atoms with van der Waals surface area (Å²) >= 11 is 3.23. The Kier molecular flexibility index (Phi) is 3.17. The minimum atomic E-state index is -0.0905. The van der Waals surface area contributed by atoms with Gasteiger partial charge in [0.05, 0.1) is 17.8 Å². The zero-order valence-electron chi connectivity index (χ0n) is 11.2. The third-order valence-corrected chi connectivity index (χ3v) is 3.89. The lowest BCUT2D eigenvalue weighted by Crippen LogP contribution is -2.24. The van der Waals surface area contributed by atoms with Crippen molar-refractivity contribution in [3.8, 4) is 0 Å². The standard InChI is InChI=1S/C14H13BrN4O/c1-9-16-7-11(15)14(20)19(9)8-12-10-5-3-4-6-13(10)18(2)17-12/h3-7H,8H2,1-2H3. The Morgan fingerprint density at radius 2 is 2.05 bits per heavy atom. The van der Waals surface area contributed by atoms with Crippen molar-refractivity contribution in [1.29, 1.82) is 0 Å². The molecule has 5 nitrogen and oxygen atoms in total. The first kappa shape index (κ1) is 13.1. The van der Waals surface area contributed by atoms with Crippen LogP contribution in [0.25, 0.3) is 10.9 Å². The van der Waals surface area contributed by atoms with E-state index in [1.54, 1.807) is 4.57 Å². The van der Waals surface area contributed by atoms with Gasteiger partial charge in [0.15, 0.2) is 0 Å². The van der Waals surface area contributed by atoms with Crippen molar-refractivity contribution >= 4 is 26.8 Å². The van der Waals surface area contributed by atoms with Gasteiger partial charge in [-0.3, -0.25) is 14.0 Å². The Bertz CT molecular complexity index is 850. The van der Waals surface area contributed by atoms with Crippen LogP contribution >= 0.6 is 15.9 Å². The van der Waals surface area contributed by atoms with E-state index in [1.807, 2.05) is 42.9 Å².